The summed E-state index contributed by atoms with van der Waals surface area (Å²) >= 11 is 5.65. The van der Waals surface area contributed by atoms with Gasteiger partial charge >= 0.3 is 0 Å². The van der Waals surface area contributed by atoms with Crippen molar-refractivity contribution < 1.29 is 0 Å². The number of thioether (sulfide) groups is 1. The van der Waals surface area contributed by atoms with Crippen LogP contribution in [0, 0.1) is 0 Å². The third-order valence-electron chi connectivity index (χ3n) is 3.28. The van der Waals surface area contributed by atoms with Gasteiger partial charge in [-0.2, -0.15) is 11.8 Å². The van der Waals surface area contributed by atoms with Gasteiger partial charge in [0, 0.05) is 9.75 Å². The molecule has 0 aliphatic heterocycles. The Hall–Kier alpha value is -0.290. The van der Waals surface area contributed by atoms with E-state index in [4.69, 9.17) is 0 Å². The molecule has 0 saturated heterocycles. The van der Waals surface area contributed by atoms with Crippen LogP contribution < -0.4 is 5.32 Å². The highest BCUT2D eigenvalue weighted by atomic mass is 32.2. The Morgan fingerprint density at radius 1 is 1.00 bits per heavy atom. The summed E-state index contributed by atoms with van der Waals surface area (Å²) in [5.74, 6) is 1.31. The second-order valence-corrected chi connectivity index (χ2v) is 7.77. The highest BCUT2D eigenvalue weighted by Crippen LogP contribution is 2.29. The quantitative estimate of drug-likeness (QED) is 0.586. The van der Waals surface area contributed by atoms with Crippen molar-refractivity contribution in [2.45, 2.75) is 31.7 Å². The normalized spacial score (nSPS) is 11.3. The molecule has 0 saturated carbocycles. The molecule has 0 aromatic carbocycles. The summed E-state index contributed by atoms with van der Waals surface area (Å²) in [4.78, 5) is 2.85. The van der Waals surface area contributed by atoms with Crippen LogP contribution in [0.25, 0.3) is 0 Å². The molecule has 2 rings (SSSR count). The zero-order valence-corrected chi connectivity index (χ0v) is 14.5. The third kappa shape index (κ3) is 5.24. The van der Waals surface area contributed by atoms with Crippen molar-refractivity contribution >= 4 is 34.4 Å². The van der Waals surface area contributed by atoms with Crippen LogP contribution in [-0.4, -0.2) is 18.6 Å². The molecule has 110 valence electrons. The number of hydrogen-bond donors (Lipinski definition) is 1. The van der Waals surface area contributed by atoms with Gasteiger partial charge in [-0.3, -0.25) is 0 Å². The lowest BCUT2D eigenvalue weighted by Gasteiger charge is -2.16. The molecule has 0 fully saturated rings. The van der Waals surface area contributed by atoms with E-state index < -0.39 is 0 Å². The summed E-state index contributed by atoms with van der Waals surface area (Å²) in [6.07, 6.45) is 7.54. The zero-order chi connectivity index (χ0) is 14.0. The lowest BCUT2D eigenvalue weighted by Crippen LogP contribution is -2.22. The third-order valence-corrected chi connectivity index (χ3v) is 5.85. The van der Waals surface area contributed by atoms with Crippen LogP contribution in [0.2, 0.25) is 0 Å². The molecule has 2 aromatic heterocycles. The molecular weight excluding hydrogens is 302 g/mol. The van der Waals surface area contributed by atoms with E-state index >= 15 is 0 Å². The van der Waals surface area contributed by atoms with E-state index in [1.807, 2.05) is 34.4 Å². The number of hydrogen-bond acceptors (Lipinski definition) is 4. The van der Waals surface area contributed by atoms with Crippen LogP contribution in [-0.2, 0) is 0 Å². The van der Waals surface area contributed by atoms with Crippen LogP contribution in [0.15, 0.2) is 35.0 Å². The summed E-state index contributed by atoms with van der Waals surface area (Å²) in [5, 5.41) is 8.06. The fourth-order valence-electron chi connectivity index (χ4n) is 2.22. The van der Waals surface area contributed by atoms with Crippen molar-refractivity contribution in [1.82, 2.24) is 5.32 Å². The number of thiophene rings is 2. The zero-order valence-electron chi connectivity index (χ0n) is 12.0. The first kappa shape index (κ1) is 16.1. The van der Waals surface area contributed by atoms with Crippen LogP contribution in [0.4, 0.5) is 0 Å². The van der Waals surface area contributed by atoms with Crippen molar-refractivity contribution in [2.24, 2.45) is 0 Å². The predicted molar refractivity (Wildman–Crippen MR) is 95.3 cm³/mol. The molecular formula is C16H23NS3. The first-order chi connectivity index (χ1) is 9.92. The Bertz CT molecular complexity index is 402. The molecule has 0 aliphatic rings. The van der Waals surface area contributed by atoms with Gasteiger partial charge in [-0.1, -0.05) is 25.0 Å². The Balaban J connectivity index is 1.75. The Morgan fingerprint density at radius 3 is 2.20 bits per heavy atom. The predicted octanol–water partition coefficient (Wildman–Crippen LogP) is 5.41. The number of nitrogens with one attached hydrogen (secondary N) is 1. The molecule has 2 aromatic rings. The molecule has 20 heavy (non-hydrogen) atoms. The molecule has 0 spiro atoms. The molecule has 0 amide bonds. The monoisotopic (exact) mass is 325 g/mol. The molecule has 0 atom stereocenters. The first-order valence-electron chi connectivity index (χ1n) is 7.21. The summed E-state index contributed by atoms with van der Waals surface area (Å²) < 4.78 is 0. The van der Waals surface area contributed by atoms with Gasteiger partial charge in [0.15, 0.2) is 0 Å². The van der Waals surface area contributed by atoms with E-state index in [1.54, 1.807) is 0 Å². The van der Waals surface area contributed by atoms with Crippen molar-refractivity contribution in [3.05, 3.63) is 44.8 Å². The molecule has 0 unspecified atom stereocenters. The van der Waals surface area contributed by atoms with Crippen LogP contribution >= 0.6 is 34.4 Å². The second kappa shape index (κ2) is 9.61. The van der Waals surface area contributed by atoms with Gasteiger partial charge in [-0.15, -0.1) is 22.7 Å². The van der Waals surface area contributed by atoms with E-state index in [9.17, 15) is 0 Å². The fourth-order valence-corrected chi connectivity index (χ4v) is 4.43. The van der Waals surface area contributed by atoms with Gasteiger partial charge in [0.1, 0.15) is 0 Å². The molecule has 0 bridgehead atoms. The van der Waals surface area contributed by atoms with Crippen molar-refractivity contribution in [2.75, 3.05) is 18.6 Å². The molecule has 4 heteroatoms. The van der Waals surface area contributed by atoms with Gasteiger partial charge in [0.05, 0.1) is 6.04 Å². The highest BCUT2D eigenvalue weighted by Gasteiger charge is 2.14. The first-order valence-corrected chi connectivity index (χ1v) is 10.4. The Kier molecular flexibility index (Phi) is 7.73. The summed E-state index contributed by atoms with van der Waals surface area (Å²) in [5.41, 5.74) is 0. The second-order valence-electron chi connectivity index (χ2n) is 4.82. The van der Waals surface area contributed by atoms with Gasteiger partial charge < -0.3 is 5.32 Å². The van der Waals surface area contributed by atoms with Crippen LogP contribution in [0.5, 0.6) is 0 Å². The average Bonchev–Trinajstić information content (AvgIpc) is 3.14. The molecule has 1 nitrogen and oxygen atoms in total. The Labute approximate surface area is 134 Å². The fraction of sp³-hybridized carbons (Fsp3) is 0.500. The number of rotatable bonds is 10. The topological polar surface area (TPSA) is 12.0 Å². The van der Waals surface area contributed by atoms with Crippen molar-refractivity contribution in [3.8, 4) is 0 Å². The maximum Gasteiger partial charge on any atom is 0.0764 e. The minimum absolute atomic E-state index is 0.390. The van der Waals surface area contributed by atoms with E-state index in [2.05, 4.69) is 46.6 Å². The van der Waals surface area contributed by atoms with Crippen molar-refractivity contribution in [3.63, 3.8) is 0 Å². The van der Waals surface area contributed by atoms with Crippen molar-refractivity contribution in [1.29, 1.82) is 0 Å². The van der Waals surface area contributed by atoms with E-state index in [0.29, 0.717) is 6.04 Å². The summed E-state index contributed by atoms with van der Waals surface area (Å²) in [7, 11) is 0. The van der Waals surface area contributed by atoms with Crippen LogP contribution in [0.3, 0.4) is 0 Å². The molecule has 0 radical (unpaired) electrons. The summed E-state index contributed by atoms with van der Waals surface area (Å²) in [6, 6.07) is 9.15. The standard InChI is InChI=1S/C16H23NS3/c1-18-11-5-3-2-4-10-17-16(14-8-6-12-19-14)15-9-7-13-20-15/h6-9,12-13,16-17H,2-5,10-11H2,1H3. The number of unbranched alkanes of at least 4 members (excludes halogenated alkanes) is 3. The largest absolute Gasteiger partial charge is 0.305 e. The van der Waals surface area contributed by atoms with Gasteiger partial charge in [0.2, 0.25) is 0 Å². The smallest absolute Gasteiger partial charge is 0.0764 e. The lowest BCUT2D eigenvalue weighted by atomic mass is 10.1. The minimum atomic E-state index is 0.390. The minimum Gasteiger partial charge on any atom is -0.305 e. The van der Waals surface area contributed by atoms with Gasteiger partial charge in [0.25, 0.3) is 0 Å². The average molecular weight is 326 g/mol. The highest BCUT2D eigenvalue weighted by molar-refractivity contribution is 7.98. The molecule has 2 heterocycles. The molecule has 1 N–H and O–H groups in total. The van der Waals surface area contributed by atoms with E-state index in [-0.39, 0.29) is 0 Å². The van der Waals surface area contributed by atoms with E-state index in [0.717, 1.165) is 6.54 Å². The lowest BCUT2D eigenvalue weighted by molar-refractivity contribution is 0.565. The van der Waals surface area contributed by atoms with Gasteiger partial charge in [-0.25, -0.2) is 0 Å². The maximum atomic E-state index is 3.73. The Morgan fingerprint density at radius 2 is 1.65 bits per heavy atom. The van der Waals surface area contributed by atoms with E-state index in [1.165, 1.54) is 41.2 Å². The summed E-state index contributed by atoms with van der Waals surface area (Å²) in [6.45, 7) is 1.11. The van der Waals surface area contributed by atoms with Gasteiger partial charge in [-0.05, 0) is 54.3 Å². The molecule has 0 aliphatic carbocycles. The SMILES string of the molecule is CSCCCCCCNC(c1cccs1)c1cccs1. The van der Waals surface area contributed by atoms with Crippen LogP contribution in [0.1, 0.15) is 41.5 Å². The maximum absolute atomic E-state index is 3.73.